The second kappa shape index (κ2) is 7.57. The summed E-state index contributed by atoms with van der Waals surface area (Å²) in [6.07, 6.45) is 0.726. The van der Waals surface area contributed by atoms with Gasteiger partial charge in [0.05, 0.1) is 0 Å². The maximum Gasteiger partial charge on any atom is 0.319 e. The van der Waals surface area contributed by atoms with Gasteiger partial charge in [-0.3, -0.25) is 0 Å². The lowest BCUT2D eigenvalue weighted by atomic mass is 10.1. The molecule has 2 N–H and O–H groups in total. The Hall–Kier alpha value is -2.21. The number of rotatable bonds is 4. The maximum absolute atomic E-state index is 12.0. The first-order chi connectivity index (χ1) is 11.6. The lowest BCUT2D eigenvalue weighted by Crippen LogP contribution is -2.30. The second-order valence-corrected chi connectivity index (χ2v) is 6.48. The summed E-state index contributed by atoms with van der Waals surface area (Å²) in [6, 6.07) is 11.4. The second-order valence-electron chi connectivity index (χ2n) is 5.57. The molecule has 1 heterocycles. The molecular weight excluding hydrogens is 372 g/mol. The molecule has 5 nitrogen and oxygen atoms in total. The molecule has 0 saturated carbocycles. The number of benzene rings is 2. The van der Waals surface area contributed by atoms with Crippen LogP contribution in [0.25, 0.3) is 0 Å². The zero-order chi connectivity index (χ0) is 16.9. The van der Waals surface area contributed by atoms with E-state index >= 15 is 0 Å². The van der Waals surface area contributed by atoms with E-state index in [1.54, 1.807) is 0 Å². The normalized spacial score (nSPS) is 12.6. The largest absolute Gasteiger partial charge is 0.486 e. The zero-order valence-corrected chi connectivity index (χ0v) is 15.0. The number of fused-ring (bicyclic) bond motifs is 1. The van der Waals surface area contributed by atoms with Gasteiger partial charge in [0.2, 0.25) is 0 Å². The summed E-state index contributed by atoms with van der Waals surface area (Å²) in [4.78, 5) is 12.0. The molecule has 0 aliphatic carbocycles. The summed E-state index contributed by atoms with van der Waals surface area (Å²) in [7, 11) is 0. The maximum atomic E-state index is 12.0. The first kappa shape index (κ1) is 16.6. The first-order valence-corrected chi connectivity index (χ1v) is 8.60. The van der Waals surface area contributed by atoms with Crippen molar-refractivity contribution in [2.75, 3.05) is 25.1 Å². The molecule has 2 amide bonds. The first-order valence-electron chi connectivity index (χ1n) is 7.81. The number of carbonyl (C=O) groups excluding carboxylic acids is 1. The van der Waals surface area contributed by atoms with Crippen LogP contribution in [-0.2, 0) is 6.42 Å². The van der Waals surface area contributed by atoms with Gasteiger partial charge in [-0.2, -0.15) is 0 Å². The number of halogens is 1. The molecule has 0 saturated heterocycles. The fourth-order valence-electron chi connectivity index (χ4n) is 2.50. The summed E-state index contributed by atoms with van der Waals surface area (Å²) in [5.41, 5.74) is 2.90. The molecule has 2 aromatic rings. The van der Waals surface area contributed by atoms with E-state index in [-0.39, 0.29) is 6.03 Å². The number of hydrogen-bond acceptors (Lipinski definition) is 3. The Morgan fingerprint density at radius 2 is 1.92 bits per heavy atom. The van der Waals surface area contributed by atoms with Crippen molar-refractivity contribution in [2.24, 2.45) is 0 Å². The molecule has 0 bridgehead atoms. The van der Waals surface area contributed by atoms with Crippen molar-refractivity contribution in [2.45, 2.75) is 13.3 Å². The number of carbonyl (C=O) groups is 1. The van der Waals surface area contributed by atoms with Crippen molar-refractivity contribution in [1.82, 2.24) is 5.32 Å². The molecule has 0 atom stereocenters. The van der Waals surface area contributed by atoms with Gasteiger partial charge in [0.15, 0.2) is 11.5 Å². The van der Waals surface area contributed by atoms with Gasteiger partial charge in [-0.25, -0.2) is 4.79 Å². The number of nitrogens with one attached hydrogen (secondary N) is 2. The third-order valence-corrected chi connectivity index (χ3v) is 4.24. The predicted octanol–water partition coefficient (Wildman–Crippen LogP) is 3.89. The topological polar surface area (TPSA) is 59.6 Å². The van der Waals surface area contributed by atoms with Gasteiger partial charge < -0.3 is 20.1 Å². The number of aryl methyl sites for hydroxylation is 1. The highest BCUT2D eigenvalue weighted by atomic mass is 79.9. The standard InChI is InChI=1S/C18H19BrN2O3/c1-12-10-14(19)3-4-15(12)21-18(22)20-7-6-13-2-5-16-17(11-13)24-9-8-23-16/h2-5,10-11H,6-9H2,1H3,(H2,20,21,22). The van der Waals surface area contributed by atoms with E-state index in [1.807, 2.05) is 43.3 Å². The number of hydrogen-bond donors (Lipinski definition) is 2. The van der Waals surface area contributed by atoms with Crippen molar-refractivity contribution in [3.63, 3.8) is 0 Å². The van der Waals surface area contributed by atoms with E-state index in [1.165, 1.54) is 0 Å². The molecule has 24 heavy (non-hydrogen) atoms. The Balaban J connectivity index is 1.50. The monoisotopic (exact) mass is 390 g/mol. The number of anilines is 1. The van der Waals surface area contributed by atoms with Crippen LogP contribution >= 0.6 is 15.9 Å². The van der Waals surface area contributed by atoms with Crippen LogP contribution in [-0.4, -0.2) is 25.8 Å². The van der Waals surface area contributed by atoms with Crippen molar-refractivity contribution in [1.29, 1.82) is 0 Å². The Labute approximate surface area is 149 Å². The van der Waals surface area contributed by atoms with Gasteiger partial charge in [0, 0.05) is 16.7 Å². The molecule has 126 valence electrons. The quantitative estimate of drug-likeness (QED) is 0.832. The molecule has 6 heteroatoms. The summed E-state index contributed by atoms with van der Waals surface area (Å²) in [5, 5.41) is 5.73. The predicted molar refractivity (Wildman–Crippen MR) is 97.0 cm³/mol. The van der Waals surface area contributed by atoms with Crippen LogP contribution in [0.1, 0.15) is 11.1 Å². The van der Waals surface area contributed by atoms with Gasteiger partial charge in [-0.15, -0.1) is 0 Å². The van der Waals surface area contributed by atoms with E-state index < -0.39 is 0 Å². The summed E-state index contributed by atoms with van der Waals surface area (Å²) in [6.45, 7) is 3.66. The van der Waals surface area contributed by atoms with Crippen LogP contribution in [0.2, 0.25) is 0 Å². The van der Waals surface area contributed by atoms with Gasteiger partial charge in [0.1, 0.15) is 13.2 Å². The molecule has 0 unspecified atom stereocenters. The van der Waals surface area contributed by atoms with Crippen LogP contribution in [0.5, 0.6) is 11.5 Å². The molecule has 2 aromatic carbocycles. The summed E-state index contributed by atoms with van der Waals surface area (Å²) >= 11 is 3.41. The highest BCUT2D eigenvalue weighted by Crippen LogP contribution is 2.30. The zero-order valence-electron chi connectivity index (χ0n) is 13.4. The van der Waals surface area contributed by atoms with E-state index in [0.717, 1.165) is 39.2 Å². The molecule has 3 rings (SSSR count). The lowest BCUT2D eigenvalue weighted by Gasteiger charge is -2.19. The minimum Gasteiger partial charge on any atom is -0.486 e. The molecular formula is C18H19BrN2O3. The van der Waals surface area contributed by atoms with Crippen molar-refractivity contribution in [3.8, 4) is 11.5 Å². The third kappa shape index (κ3) is 4.20. The van der Waals surface area contributed by atoms with Crippen LogP contribution in [0.4, 0.5) is 10.5 Å². The van der Waals surface area contributed by atoms with Crippen molar-refractivity contribution in [3.05, 3.63) is 52.0 Å². The Morgan fingerprint density at radius 1 is 1.12 bits per heavy atom. The highest BCUT2D eigenvalue weighted by molar-refractivity contribution is 9.10. The van der Waals surface area contributed by atoms with E-state index in [9.17, 15) is 4.79 Å². The van der Waals surface area contributed by atoms with E-state index in [0.29, 0.717) is 19.8 Å². The highest BCUT2D eigenvalue weighted by Gasteiger charge is 2.11. The molecule has 1 aliphatic heterocycles. The molecule has 0 aromatic heterocycles. The smallest absolute Gasteiger partial charge is 0.319 e. The Morgan fingerprint density at radius 3 is 2.71 bits per heavy atom. The fraction of sp³-hybridized carbons (Fsp3) is 0.278. The minimum absolute atomic E-state index is 0.210. The number of urea groups is 1. The van der Waals surface area contributed by atoms with Gasteiger partial charge in [0.25, 0.3) is 0 Å². The summed E-state index contributed by atoms with van der Waals surface area (Å²) < 4.78 is 12.1. The van der Waals surface area contributed by atoms with Crippen LogP contribution in [0.3, 0.4) is 0 Å². The molecule has 0 radical (unpaired) electrons. The average Bonchev–Trinajstić information content (AvgIpc) is 2.57. The van der Waals surface area contributed by atoms with Gasteiger partial charge >= 0.3 is 6.03 Å². The minimum atomic E-state index is -0.210. The van der Waals surface area contributed by atoms with Gasteiger partial charge in [-0.1, -0.05) is 22.0 Å². The Kier molecular flexibility index (Phi) is 5.25. The molecule has 0 spiro atoms. The Bertz CT molecular complexity index is 749. The van der Waals surface area contributed by atoms with E-state index in [4.69, 9.17) is 9.47 Å². The SMILES string of the molecule is Cc1cc(Br)ccc1NC(=O)NCCc1ccc2c(c1)OCCO2. The fourth-order valence-corrected chi connectivity index (χ4v) is 2.97. The van der Waals surface area contributed by atoms with Crippen LogP contribution < -0.4 is 20.1 Å². The van der Waals surface area contributed by atoms with Gasteiger partial charge in [-0.05, 0) is 54.8 Å². The summed E-state index contributed by atoms with van der Waals surface area (Å²) in [5.74, 6) is 1.55. The van der Waals surface area contributed by atoms with Crippen molar-refractivity contribution < 1.29 is 14.3 Å². The number of ether oxygens (including phenoxy) is 2. The third-order valence-electron chi connectivity index (χ3n) is 3.74. The van der Waals surface area contributed by atoms with Crippen LogP contribution in [0.15, 0.2) is 40.9 Å². The van der Waals surface area contributed by atoms with Crippen molar-refractivity contribution >= 4 is 27.6 Å². The average molecular weight is 391 g/mol. The number of amides is 2. The van der Waals surface area contributed by atoms with E-state index in [2.05, 4.69) is 26.6 Å². The molecule has 1 aliphatic rings. The lowest BCUT2D eigenvalue weighted by molar-refractivity contribution is 0.171. The van der Waals surface area contributed by atoms with Crippen LogP contribution in [0, 0.1) is 6.92 Å². The molecule has 0 fully saturated rings.